The lowest BCUT2D eigenvalue weighted by molar-refractivity contribution is -0.143. The molecule has 2 aromatic rings. The van der Waals surface area contributed by atoms with Crippen LogP contribution in [0.1, 0.15) is 12.5 Å². The molecule has 2 unspecified atom stereocenters. The van der Waals surface area contributed by atoms with Crippen molar-refractivity contribution in [3.05, 3.63) is 54.4 Å². The number of aromatic nitrogens is 1. The molecule has 3 rings (SSSR count). The Morgan fingerprint density at radius 1 is 1.14 bits per heavy atom. The zero-order valence-corrected chi connectivity index (χ0v) is 12.6. The largest absolute Gasteiger partial charge is 0.482 e. The van der Waals surface area contributed by atoms with Gasteiger partial charge in [-0.15, -0.1) is 0 Å². The van der Waals surface area contributed by atoms with Crippen LogP contribution in [-0.2, 0) is 11.3 Å². The number of fused-ring (bicyclic) bond motifs is 1. The summed E-state index contributed by atoms with van der Waals surface area (Å²) in [6.07, 6.45) is 2.46. The number of benzene rings is 1. The molecule has 5 heteroatoms. The van der Waals surface area contributed by atoms with Gasteiger partial charge in [0.25, 0.3) is 5.91 Å². The van der Waals surface area contributed by atoms with Gasteiger partial charge in [0, 0.05) is 26.0 Å². The number of para-hydroxylation sites is 2. The summed E-state index contributed by atoms with van der Waals surface area (Å²) in [5, 5.41) is 0. The van der Waals surface area contributed by atoms with Crippen molar-refractivity contribution in [1.29, 1.82) is 0 Å². The summed E-state index contributed by atoms with van der Waals surface area (Å²) in [5.41, 5.74) is 1.02. The number of hydrogen-bond acceptors (Lipinski definition) is 4. The molecule has 5 nitrogen and oxygen atoms in total. The summed E-state index contributed by atoms with van der Waals surface area (Å²) in [4.78, 5) is 18.3. The van der Waals surface area contributed by atoms with Crippen molar-refractivity contribution in [2.45, 2.75) is 25.7 Å². The molecule has 0 bridgehead atoms. The van der Waals surface area contributed by atoms with Gasteiger partial charge < -0.3 is 14.4 Å². The van der Waals surface area contributed by atoms with Gasteiger partial charge in [-0.1, -0.05) is 12.1 Å². The smallest absolute Gasteiger partial charge is 0.267 e. The first-order valence-corrected chi connectivity index (χ1v) is 7.21. The quantitative estimate of drug-likeness (QED) is 0.872. The minimum atomic E-state index is -0.637. The van der Waals surface area contributed by atoms with Crippen molar-refractivity contribution in [3.63, 3.8) is 0 Å². The third kappa shape index (κ3) is 2.88. The standard InChI is InChI=1S/C17H18N2O3/c1-12-16(22-15-6-4-3-5-14(15)21-12)17(20)19(2)11-13-7-9-18-10-8-13/h3-10,12,16H,11H2,1-2H3. The summed E-state index contributed by atoms with van der Waals surface area (Å²) >= 11 is 0. The Hall–Kier alpha value is -2.56. The summed E-state index contributed by atoms with van der Waals surface area (Å²) < 4.78 is 11.6. The highest BCUT2D eigenvalue weighted by Gasteiger charge is 2.35. The Balaban J connectivity index is 1.72. The maximum Gasteiger partial charge on any atom is 0.267 e. The van der Waals surface area contributed by atoms with Crippen LogP contribution in [0.2, 0.25) is 0 Å². The molecule has 0 radical (unpaired) electrons. The van der Waals surface area contributed by atoms with E-state index in [1.807, 2.05) is 43.3 Å². The number of nitrogens with zero attached hydrogens (tertiary/aromatic N) is 2. The van der Waals surface area contributed by atoms with Gasteiger partial charge in [0.15, 0.2) is 11.5 Å². The van der Waals surface area contributed by atoms with E-state index in [0.717, 1.165) is 5.56 Å². The highest BCUT2D eigenvalue weighted by Crippen LogP contribution is 2.33. The Morgan fingerprint density at radius 3 is 2.45 bits per heavy atom. The van der Waals surface area contributed by atoms with Crippen molar-refractivity contribution >= 4 is 5.91 Å². The Labute approximate surface area is 129 Å². The first kappa shape index (κ1) is 14.4. The average molecular weight is 298 g/mol. The normalized spacial score (nSPS) is 19.5. The molecular weight excluding hydrogens is 280 g/mol. The summed E-state index contributed by atoms with van der Waals surface area (Å²) in [6.45, 7) is 2.36. The topological polar surface area (TPSA) is 51.7 Å². The Kier molecular flexibility index (Phi) is 3.96. The molecule has 0 aliphatic carbocycles. The number of pyridine rings is 1. The first-order chi connectivity index (χ1) is 10.6. The molecule has 2 atom stereocenters. The van der Waals surface area contributed by atoms with E-state index in [1.165, 1.54) is 0 Å². The lowest BCUT2D eigenvalue weighted by Crippen LogP contribution is -2.49. The number of carbonyl (C=O) groups is 1. The maximum absolute atomic E-state index is 12.6. The van der Waals surface area contributed by atoms with E-state index in [0.29, 0.717) is 18.0 Å². The van der Waals surface area contributed by atoms with Crippen molar-refractivity contribution in [2.75, 3.05) is 7.05 Å². The van der Waals surface area contributed by atoms with Crippen molar-refractivity contribution in [2.24, 2.45) is 0 Å². The van der Waals surface area contributed by atoms with Crippen LogP contribution in [0.5, 0.6) is 11.5 Å². The van der Waals surface area contributed by atoms with Crippen LogP contribution in [0.25, 0.3) is 0 Å². The lowest BCUT2D eigenvalue weighted by Gasteiger charge is -2.33. The molecule has 0 fully saturated rings. The third-order valence-electron chi connectivity index (χ3n) is 3.63. The molecule has 0 saturated carbocycles. The highest BCUT2D eigenvalue weighted by molar-refractivity contribution is 5.82. The molecule has 22 heavy (non-hydrogen) atoms. The van der Waals surface area contributed by atoms with E-state index in [4.69, 9.17) is 9.47 Å². The second-order valence-corrected chi connectivity index (χ2v) is 5.36. The van der Waals surface area contributed by atoms with Crippen molar-refractivity contribution in [3.8, 4) is 11.5 Å². The second kappa shape index (κ2) is 6.05. The first-order valence-electron chi connectivity index (χ1n) is 7.21. The van der Waals surface area contributed by atoms with Crippen LogP contribution in [-0.4, -0.2) is 35.0 Å². The predicted molar refractivity (Wildman–Crippen MR) is 81.7 cm³/mol. The summed E-state index contributed by atoms with van der Waals surface area (Å²) in [7, 11) is 1.76. The Bertz CT molecular complexity index is 660. The fourth-order valence-corrected chi connectivity index (χ4v) is 2.45. The van der Waals surface area contributed by atoms with Gasteiger partial charge in [-0.05, 0) is 36.8 Å². The number of likely N-dealkylation sites (N-methyl/N-ethyl adjacent to an activating group) is 1. The predicted octanol–water partition coefficient (Wildman–Crippen LogP) is 2.27. The number of rotatable bonds is 3. The molecule has 1 aromatic carbocycles. The summed E-state index contributed by atoms with van der Waals surface area (Å²) in [6, 6.07) is 11.2. The minimum absolute atomic E-state index is 0.0983. The van der Waals surface area contributed by atoms with Crippen LogP contribution in [0.3, 0.4) is 0 Å². The number of carbonyl (C=O) groups excluding carboxylic acids is 1. The van der Waals surface area contributed by atoms with Crippen LogP contribution in [0.15, 0.2) is 48.8 Å². The molecular formula is C17H18N2O3. The van der Waals surface area contributed by atoms with E-state index in [9.17, 15) is 4.79 Å². The molecule has 2 heterocycles. The molecule has 0 spiro atoms. The van der Waals surface area contributed by atoms with E-state index in [2.05, 4.69) is 4.98 Å². The fourth-order valence-electron chi connectivity index (χ4n) is 2.45. The van der Waals surface area contributed by atoms with Gasteiger partial charge in [-0.2, -0.15) is 0 Å². The van der Waals surface area contributed by atoms with Crippen molar-refractivity contribution in [1.82, 2.24) is 9.88 Å². The summed E-state index contributed by atoms with van der Waals surface area (Å²) in [5.74, 6) is 1.19. The van der Waals surface area contributed by atoms with Gasteiger partial charge in [-0.3, -0.25) is 9.78 Å². The highest BCUT2D eigenvalue weighted by atomic mass is 16.6. The number of ether oxygens (including phenoxy) is 2. The molecule has 1 aromatic heterocycles. The van der Waals surface area contributed by atoms with E-state index < -0.39 is 6.10 Å². The molecule has 1 aliphatic heterocycles. The second-order valence-electron chi connectivity index (χ2n) is 5.36. The average Bonchev–Trinajstić information content (AvgIpc) is 2.54. The number of amides is 1. The molecule has 1 amide bonds. The Morgan fingerprint density at radius 2 is 1.77 bits per heavy atom. The van der Waals surface area contributed by atoms with Crippen LogP contribution in [0.4, 0.5) is 0 Å². The van der Waals surface area contributed by atoms with E-state index in [1.54, 1.807) is 24.3 Å². The van der Waals surface area contributed by atoms with Crippen LogP contribution >= 0.6 is 0 Å². The van der Waals surface area contributed by atoms with Gasteiger partial charge in [0.2, 0.25) is 6.10 Å². The minimum Gasteiger partial charge on any atom is -0.482 e. The monoisotopic (exact) mass is 298 g/mol. The zero-order chi connectivity index (χ0) is 15.5. The maximum atomic E-state index is 12.6. The van der Waals surface area contributed by atoms with Crippen molar-refractivity contribution < 1.29 is 14.3 Å². The lowest BCUT2D eigenvalue weighted by atomic mass is 10.1. The van der Waals surface area contributed by atoms with Gasteiger partial charge in [-0.25, -0.2) is 0 Å². The van der Waals surface area contributed by atoms with E-state index >= 15 is 0 Å². The van der Waals surface area contributed by atoms with Gasteiger partial charge in [0.1, 0.15) is 6.10 Å². The van der Waals surface area contributed by atoms with E-state index in [-0.39, 0.29) is 12.0 Å². The molecule has 0 N–H and O–H groups in total. The third-order valence-corrected chi connectivity index (χ3v) is 3.63. The molecule has 1 aliphatic rings. The van der Waals surface area contributed by atoms with Gasteiger partial charge >= 0.3 is 0 Å². The molecule has 0 saturated heterocycles. The fraction of sp³-hybridized carbons (Fsp3) is 0.294. The van der Waals surface area contributed by atoms with Crippen LogP contribution in [0, 0.1) is 0 Å². The molecule has 114 valence electrons. The number of hydrogen-bond donors (Lipinski definition) is 0. The van der Waals surface area contributed by atoms with Crippen LogP contribution < -0.4 is 9.47 Å². The SMILES string of the molecule is CC1Oc2ccccc2OC1C(=O)N(C)Cc1ccncc1. The zero-order valence-electron chi connectivity index (χ0n) is 12.6. The van der Waals surface area contributed by atoms with Gasteiger partial charge in [0.05, 0.1) is 0 Å².